The summed E-state index contributed by atoms with van der Waals surface area (Å²) in [6.45, 7) is 3.17. The molecule has 0 bridgehead atoms. The lowest BCUT2D eigenvalue weighted by Crippen LogP contribution is -2.47. The molecular weight excluding hydrogens is 763 g/mol. The van der Waals surface area contributed by atoms with Crippen LogP contribution >= 0.6 is 0 Å². The number of nitrogens with zero attached hydrogens (tertiary/aromatic N) is 3. The number of hydrogen-bond acceptors (Lipinski definition) is 8. The third-order valence-electron chi connectivity index (χ3n) is 11.6. The van der Waals surface area contributed by atoms with E-state index in [4.69, 9.17) is 9.47 Å². The average molecular weight is 814 g/mol. The monoisotopic (exact) mass is 813 g/mol. The van der Waals surface area contributed by atoms with E-state index in [2.05, 4.69) is 15.2 Å². The minimum atomic E-state index is -0.998. The first-order valence-electron chi connectivity index (χ1n) is 20.5. The lowest BCUT2D eigenvalue weighted by Gasteiger charge is -2.28. The number of alkyl carbamates (subject to hydrolysis) is 1. The van der Waals surface area contributed by atoms with Crippen molar-refractivity contribution in [3.63, 3.8) is 0 Å². The topological polar surface area (TPSA) is 156 Å². The Kier molecular flexibility index (Phi) is 13.0. The number of ether oxygens (including phenoxy) is 2. The van der Waals surface area contributed by atoms with Crippen LogP contribution in [-0.2, 0) is 52.8 Å². The quantitative estimate of drug-likeness (QED) is 0.138. The first kappa shape index (κ1) is 41.8. The molecular formula is C47H51N5O8. The van der Waals surface area contributed by atoms with E-state index in [1.807, 2.05) is 60.7 Å². The first-order valence-corrected chi connectivity index (χ1v) is 20.5. The molecule has 1 aromatic heterocycles. The number of aromatic nitrogens is 1. The van der Waals surface area contributed by atoms with Gasteiger partial charge in [0, 0.05) is 68.3 Å². The Bertz CT molecular complexity index is 2400. The minimum Gasteiger partial charge on any atom is -0.453 e. The van der Waals surface area contributed by atoms with Gasteiger partial charge in [-0.3, -0.25) is 24.0 Å². The van der Waals surface area contributed by atoms with Crippen LogP contribution in [0, 0.1) is 0 Å². The van der Waals surface area contributed by atoms with E-state index in [1.165, 1.54) is 14.0 Å². The van der Waals surface area contributed by atoms with Gasteiger partial charge in [-0.2, -0.15) is 0 Å². The number of rotatable bonds is 15. The fraction of sp³-hybridized carbons (Fsp3) is 0.362. The Morgan fingerprint density at radius 2 is 1.12 bits per heavy atom. The van der Waals surface area contributed by atoms with Gasteiger partial charge in [-0.15, -0.1) is 0 Å². The highest BCUT2D eigenvalue weighted by Crippen LogP contribution is 2.33. The van der Waals surface area contributed by atoms with Crippen molar-refractivity contribution in [3.8, 4) is 0 Å². The van der Waals surface area contributed by atoms with E-state index in [1.54, 1.807) is 53.3 Å². The fourth-order valence-corrected chi connectivity index (χ4v) is 8.78. The van der Waals surface area contributed by atoms with Crippen LogP contribution in [0.4, 0.5) is 4.79 Å². The highest BCUT2D eigenvalue weighted by Gasteiger charge is 2.39. The number of nitrogens with one attached hydrogen (secondary N) is 2. The summed E-state index contributed by atoms with van der Waals surface area (Å²) >= 11 is 0. The molecule has 0 radical (unpaired) electrons. The van der Waals surface area contributed by atoms with Crippen molar-refractivity contribution < 1.29 is 38.2 Å². The molecule has 0 aliphatic carbocycles. The molecule has 7 rings (SSSR count). The summed E-state index contributed by atoms with van der Waals surface area (Å²) in [6, 6.07) is 26.8. The average Bonchev–Trinajstić information content (AvgIpc) is 4.02. The van der Waals surface area contributed by atoms with E-state index in [9.17, 15) is 28.8 Å². The molecule has 4 amide bonds. The van der Waals surface area contributed by atoms with Gasteiger partial charge in [-0.25, -0.2) is 4.79 Å². The van der Waals surface area contributed by atoms with Gasteiger partial charge >= 0.3 is 6.09 Å². The van der Waals surface area contributed by atoms with Crippen molar-refractivity contribution in [2.45, 2.75) is 76.2 Å². The van der Waals surface area contributed by atoms with Gasteiger partial charge in [0.25, 0.3) is 5.91 Å². The van der Waals surface area contributed by atoms with Crippen LogP contribution in [0.3, 0.4) is 0 Å². The maximum absolute atomic E-state index is 14.0. The standard InChI is InChI=1S/C47H51N5O8/c1-30(53)48-43(33-12-6-4-7-13-33)45(56)51-22-10-16-37(51)41(54)28-31-18-20-35-36-21-19-32(27-40(36)50(24-25-59-2)39(35)26-31)29-42(55)38-17-11-23-52(38)46(57)44(49-47(58)60-3)34-14-8-5-9-15-34/h4-9,12-15,18-21,26-27,37-38,43-44H,10-11,16-17,22-25,28-29H2,1-3H3,(H,48,53)(H,49,58)/t37-,38-,43+,44+/m0/s1. The number of likely N-dealkylation sites (tertiary alicyclic amines) is 2. The number of ketones is 2. The molecule has 3 heterocycles. The summed E-state index contributed by atoms with van der Waals surface area (Å²) in [5.41, 5.74) is 4.71. The number of hydrogen-bond donors (Lipinski definition) is 2. The number of fused-ring (bicyclic) bond motifs is 3. The van der Waals surface area contributed by atoms with Crippen LogP contribution in [0.2, 0.25) is 0 Å². The van der Waals surface area contributed by atoms with Crippen molar-refractivity contribution in [2.75, 3.05) is 33.9 Å². The molecule has 2 N–H and O–H groups in total. The lowest BCUT2D eigenvalue weighted by molar-refractivity contribution is -0.140. The smallest absolute Gasteiger partial charge is 0.407 e. The van der Waals surface area contributed by atoms with Gasteiger partial charge in [0.2, 0.25) is 11.8 Å². The molecule has 312 valence electrons. The second-order valence-corrected chi connectivity index (χ2v) is 15.5. The fourth-order valence-electron chi connectivity index (χ4n) is 8.78. The van der Waals surface area contributed by atoms with Gasteiger partial charge in [-0.05, 0) is 60.1 Å². The minimum absolute atomic E-state index is 0.0641. The summed E-state index contributed by atoms with van der Waals surface area (Å²) in [6.07, 6.45) is 1.93. The number of benzene rings is 4. The summed E-state index contributed by atoms with van der Waals surface area (Å²) in [7, 11) is 2.88. The molecule has 4 aromatic carbocycles. The highest BCUT2D eigenvalue weighted by atomic mass is 16.5. The van der Waals surface area contributed by atoms with Crippen LogP contribution in [0.5, 0.6) is 0 Å². The van der Waals surface area contributed by atoms with Gasteiger partial charge in [0.15, 0.2) is 11.6 Å². The predicted octanol–water partition coefficient (Wildman–Crippen LogP) is 5.62. The molecule has 2 fully saturated rings. The third-order valence-corrected chi connectivity index (χ3v) is 11.6. The summed E-state index contributed by atoms with van der Waals surface area (Å²) in [5.74, 6) is -1.13. The molecule has 2 aliphatic heterocycles. The maximum Gasteiger partial charge on any atom is 0.407 e. The summed E-state index contributed by atoms with van der Waals surface area (Å²) in [5, 5.41) is 7.42. The molecule has 2 aliphatic rings. The van der Waals surface area contributed by atoms with Crippen molar-refractivity contribution in [3.05, 3.63) is 119 Å². The Hall–Kier alpha value is -6.34. The Morgan fingerprint density at radius 3 is 1.55 bits per heavy atom. The van der Waals surface area contributed by atoms with E-state index in [0.29, 0.717) is 63.1 Å². The second-order valence-electron chi connectivity index (χ2n) is 15.5. The molecule has 13 heteroatoms. The zero-order chi connectivity index (χ0) is 42.3. The number of carbonyl (C=O) groups is 6. The third kappa shape index (κ3) is 8.96. The van der Waals surface area contributed by atoms with Gasteiger partial charge in [0.05, 0.1) is 25.8 Å². The second kappa shape index (κ2) is 18.7. The van der Waals surface area contributed by atoms with E-state index in [0.717, 1.165) is 32.9 Å². The molecule has 2 saturated heterocycles. The molecule has 0 saturated carbocycles. The first-order chi connectivity index (χ1) is 29.1. The number of Topliss-reactive ketones (excluding diaryl/α,β-unsaturated/α-hetero) is 2. The number of carbonyl (C=O) groups excluding carboxylic acids is 6. The molecule has 4 atom stereocenters. The van der Waals surface area contributed by atoms with Crippen molar-refractivity contribution >= 4 is 57.2 Å². The number of amides is 4. The zero-order valence-electron chi connectivity index (χ0n) is 34.2. The van der Waals surface area contributed by atoms with Crippen LogP contribution in [0.15, 0.2) is 97.1 Å². The molecule has 60 heavy (non-hydrogen) atoms. The zero-order valence-corrected chi connectivity index (χ0v) is 34.2. The van der Waals surface area contributed by atoms with Crippen molar-refractivity contribution in [1.82, 2.24) is 25.0 Å². The van der Waals surface area contributed by atoms with E-state index in [-0.39, 0.29) is 42.1 Å². The molecule has 0 unspecified atom stereocenters. The highest BCUT2D eigenvalue weighted by molar-refractivity contribution is 6.09. The Labute approximate surface area is 349 Å². The van der Waals surface area contributed by atoms with Crippen LogP contribution in [0.1, 0.15) is 66.9 Å². The molecule has 13 nitrogen and oxygen atoms in total. The van der Waals surface area contributed by atoms with E-state index >= 15 is 0 Å². The van der Waals surface area contributed by atoms with Gasteiger partial charge in [0.1, 0.15) is 12.1 Å². The maximum atomic E-state index is 14.0. The lowest BCUT2D eigenvalue weighted by atomic mass is 9.98. The molecule has 0 spiro atoms. The normalized spacial score (nSPS) is 17.4. The van der Waals surface area contributed by atoms with Crippen LogP contribution in [-0.4, -0.2) is 95.7 Å². The van der Waals surface area contributed by atoms with Crippen LogP contribution < -0.4 is 10.6 Å². The Morgan fingerprint density at radius 1 is 0.650 bits per heavy atom. The number of methoxy groups -OCH3 is 2. The van der Waals surface area contributed by atoms with Crippen molar-refractivity contribution in [1.29, 1.82) is 0 Å². The SMILES string of the molecule is COCCn1c2cc(CC(=O)[C@@H]3CCCN3C(=O)[C@H](NC(C)=O)c3ccccc3)ccc2c2ccc(CC(=O)[C@@H]3CCCN3C(=O)[C@H](NC(=O)OC)c3ccccc3)cc21. The van der Waals surface area contributed by atoms with Crippen LogP contribution in [0.25, 0.3) is 21.8 Å². The van der Waals surface area contributed by atoms with Crippen molar-refractivity contribution in [2.24, 2.45) is 0 Å². The largest absolute Gasteiger partial charge is 0.453 e. The van der Waals surface area contributed by atoms with E-state index < -0.39 is 30.3 Å². The summed E-state index contributed by atoms with van der Waals surface area (Å²) in [4.78, 5) is 83.4. The predicted molar refractivity (Wildman–Crippen MR) is 226 cm³/mol. The molecule has 5 aromatic rings. The van der Waals surface area contributed by atoms with Gasteiger partial charge < -0.3 is 34.5 Å². The van der Waals surface area contributed by atoms with Gasteiger partial charge in [-0.1, -0.05) is 84.9 Å². The summed E-state index contributed by atoms with van der Waals surface area (Å²) < 4.78 is 12.5. The Balaban J connectivity index is 1.11.